The Morgan fingerprint density at radius 2 is 2.20 bits per heavy atom. The largest absolute Gasteiger partial charge is 0.476 e. The van der Waals surface area contributed by atoms with Crippen molar-refractivity contribution in [1.82, 2.24) is 14.6 Å². The van der Waals surface area contributed by atoms with Gasteiger partial charge in [-0.2, -0.15) is 5.10 Å². The summed E-state index contributed by atoms with van der Waals surface area (Å²) in [5.41, 5.74) is 5.30. The molecule has 2 aromatic heterocycles. The maximum absolute atomic E-state index is 10.5. The van der Waals surface area contributed by atoms with E-state index in [0.717, 1.165) is 0 Å². The maximum atomic E-state index is 10.5. The minimum absolute atomic E-state index is 0.0200. The van der Waals surface area contributed by atoms with E-state index in [-0.39, 0.29) is 18.2 Å². The van der Waals surface area contributed by atoms with Crippen molar-refractivity contribution in [2.75, 3.05) is 13.2 Å². The van der Waals surface area contributed by atoms with Crippen molar-refractivity contribution >= 4 is 29.2 Å². The smallest absolute Gasteiger partial charge is 0.356 e. The summed E-state index contributed by atoms with van der Waals surface area (Å²) in [5, 5.41) is 12.7. The van der Waals surface area contributed by atoms with Gasteiger partial charge in [-0.15, -0.1) is 0 Å². The third-order valence-corrected chi connectivity index (χ3v) is 2.18. The molecular formula is C11H13ClN4O4. The van der Waals surface area contributed by atoms with Gasteiger partial charge in [0.2, 0.25) is 0 Å². The first-order valence-electron chi connectivity index (χ1n) is 5.58. The first-order valence-corrected chi connectivity index (χ1v) is 5.96. The van der Waals surface area contributed by atoms with Gasteiger partial charge < -0.3 is 15.6 Å². The van der Waals surface area contributed by atoms with E-state index in [9.17, 15) is 9.59 Å². The highest BCUT2D eigenvalue weighted by molar-refractivity contribution is 6.29. The topological polar surface area (TPSA) is 120 Å². The Kier molecular flexibility index (Phi) is 5.88. The van der Waals surface area contributed by atoms with Crippen LogP contribution in [0.15, 0.2) is 18.3 Å². The van der Waals surface area contributed by atoms with Crippen LogP contribution in [0.3, 0.4) is 0 Å². The normalized spacial score (nSPS) is 9.75. The molecule has 0 aliphatic rings. The summed E-state index contributed by atoms with van der Waals surface area (Å²) in [6.45, 7) is 2.14. The van der Waals surface area contributed by atoms with Gasteiger partial charge in [0, 0.05) is 0 Å². The number of carboxylic acid groups (broad SMARTS) is 1. The Bertz CT molecular complexity index is 613. The van der Waals surface area contributed by atoms with E-state index in [4.69, 9.17) is 22.4 Å². The van der Waals surface area contributed by atoms with E-state index in [1.54, 1.807) is 19.1 Å². The molecule has 20 heavy (non-hydrogen) atoms. The molecule has 0 aliphatic carbocycles. The third kappa shape index (κ3) is 4.48. The molecule has 0 atom stereocenters. The fourth-order valence-electron chi connectivity index (χ4n) is 1.18. The number of rotatable bonds is 3. The average molecular weight is 301 g/mol. The number of aromatic carboxylic acids is 1. The fourth-order valence-corrected chi connectivity index (χ4v) is 1.33. The first kappa shape index (κ1) is 15.9. The van der Waals surface area contributed by atoms with Crippen molar-refractivity contribution in [2.45, 2.75) is 6.92 Å². The molecule has 108 valence electrons. The zero-order chi connectivity index (χ0) is 15.1. The van der Waals surface area contributed by atoms with Gasteiger partial charge in [-0.25, -0.2) is 14.3 Å². The number of aromatic nitrogens is 3. The van der Waals surface area contributed by atoms with E-state index in [1.807, 2.05) is 0 Å². The second kappa shape index (κ2) is 7.41. The zero-order valence-corrected chi connectivity index (χ0v) is 11.4. The van der Waals surface area contributed by atoms with Crippen LogP contribution in [-0.4, -0.2) is 44.8 Å². The molecule has 9 heteroatoms. The highest BCUT2D eigenvalue weighted by Gasteiger charge is 2.08. The second-order valence-electron chi connectivity index (χ2n) is 3.40. The Balaban J connectivity index is 0.000000246. The molecule has 2 heterocycles. The molecule has 0 unspecified atom stereocenters. The summed E-state index contributed by atoms with van der Waals surface area (Å²) in [7, 11) is 0. The molecule has 0 aliphatic heterocycles. The summed E-state index contributed by atoms with van der Waals surface area (Å²) in [6, 6.07) is 3.15. The third-order valence-electron chi connectivity index (χ3n) is 1.98. The lowest BCUT2D eigenvalue weighted by molar-refractivity contribution is -0.141. The summed E-state index contributed by atoms with van der Waals surface area (Å²) in [5.74, 6) is -1.43. The van der Waals surface area contributed by atoms with Crippen molar-refractivity contribution in [1.29, 1.82) is 0 Å². The molecule has 3 N–H and O–H groups in total. The minimum atomic E-state index is -1.08. The number of hydrogen-bond acceptors (Lipinski definition) is 6. The minimum Gasteiger partial charge on any atom is -0.476 e. The number of fused-ring (bicyclic) bond motifs is 1. The molecule has 0 fully saturated rings. The van der Waals surface area contributed by atoms with Gasteiger partial charge in [0.15, 0.2) is 11.3 Å². The summed E-state index contributed by atoms with van der Waals surface area (Å²) >= 11 is 5.60. The van der Waals surface area contributed by atoms with Gasteiger partial charge in [0.1, 0.15) is 5.15 Å². The van der Waals surface area contributed by atoms with Gasteiger partial charge in [-0.1, -0.05) is 11.6 Å². The van der Waals surface area contributed by atoms with Crippen LogP contribution in [-0.2, 0) is 9.53 Å². The number of carbonyl (C=O) groups excluding carboxylic acids is 1. The van der Waals surface area contributed by atoms with Crippen LogP contribution in [0, 0.1) is 0 Å². The van der Waals surface area contributed by atoms with Crippen molar-refractivity contribution in [3.05, 3.63) is 29.2 Å². The van der Waals surface area contributed by atoms with Crippen LogP contribution in [0.5, 0.6) is 0 Å². The van der Waals surface area contributed by atoms with Gasteiger partial charge >= 0.3 is 11.9 Å². The standard InChI is InChI=1S/C7H4ClN3O2.C4H9NO2/c8-5-1-2-6-9-4(7(12)13)3-11(6)10-5;1-2-7-4(6)3-5/h1-3H,(H,12,13);2-3,5H2,1H3. The van der Waals surface area contributed by atoms with E-state index < -0.39 is 5.97 Å². The van der Waals surface area contributed by atoms with Gasteiger partial charge in [-0.05, 0) is 19.1 Å². The summed E-state index contributed by atoms with van der Waals surface area (Å²) in [6.07, 6.45) is 1.31. The molecule has 2 aromatic rings. The van der Waals surface area contributed by atoms with Crippen LogP contribution >= 0.6 is 11.6 Å². The molecular weight excluding hydrogens is 288 g/mol. The molecule has 0 saturated heterocycles. The van der Waals surface area contributed by atoms with Crippen molar-refractivity contribution in [2.24, 2.45) is 5.73 Å². The number of hydrogen-bond donors (Lipinski definition) is 2. The Labute approximate surface area is 119 Å². The number of carboxylic acids is 1. The number of halogens is 1. The lowest BCUT2D eigenvalue weighted by Crippen LogP contribution is -2.16. The number of imidazole rings is 1. The highest BCUT2D eigenvalue weighted by atomic mass is 35.5. The highest BCUT2D eigenvalue weighted by Crippen LogP contribution is 2.07. The maximum Gasteiger partial charge on any atom is 0.356 e. The van der Waals surface area contributed by atoms with Crippen LogP contribution < -0.4 is 5.73 Å². The second-order valence-corrected chi connectivity index (χ2v) is 3.79. The molecule has 0 spiro atoms. The molecule has 0 aromatic carbocycles. The molecule has 0 radical (unpaired) electrons. The fraction of sp³-hybridized carbons (Fsp3) is 0.273. The van der Waals surface area contributed by atoms with Crippen molar-refractivity contribution in [3.8, 4) is 0 Å². The van der Waals surface area contributed by atoms with Crippen molar-refractivity contribution < 1.29 is 19.4 Å². The predicted octanol–water partition coefficient (Wildman–Crippen LogP) is 0.589. The number of esters is 1. The number of nitrogens with zero attached hydrogens (tertiary/aromatic N) is 3. The average Bonchev–Trinajstić information content (AvgIpc) is 2.83. The lowest BCUT2D eigenvalue weighted by atomic mass is 10.5. The quantitative estimate of drug-likeness (QED) is 0.796. The SMILES string of the molecule is CCOC(=O)CN.O=C(O)c1cn2nc(Cl)ccc2n1. The Morgan fingerprint density at radius 1 is 1.50 bits per heavy atom. The van der Waals surface area contributed by atoms with Crippen LogP contribution in [0.1, 0.15) is 17.4 Å². The first-order chi connectivity index (χ1) is 9.47. The lowest BCUT2D eigenvalue weighted by Gasteiger charge is -1.93. The Morgan fingerprint density at radius 3 is 2.70 bits per heavy atom. The van der Waals surface area contributed by atoms with E-state index in [0.29, 0.717) is 17.4 Å². The monoisotopic (exact) mass is 300 g/mol. The molecule has 2 rings (SSSR count). The van der Waals surface area contributed by atoms with Gasteiger partial charge in [0.25, 0.3) is 0 Å². The van der Waals surface area contributed by atoms with Gasteiger partial charge in [0.05, 0.1) is 19.3 Å². The number of carbonyl (C=O) groups is 2. The summed E-state index contributed by atoms with van der Waals surface area (Å²) in [4.78, 5) is 24.4. The zero-order valence-electron chi connectivity index (χ0n) is 10.6. The van der Waals surface area contributed by atoms with Gasteiger partial charge in [-0.3, -0.25) is 4.79 Å². The molecule has 0 bridgehead atoms. The van der Waals surface area contributed by atoms with E-state index >= 15 is 0 Å². The van der Waals surface area contributed by atoms with E-state index in [1.165, 1.54) is 10.7 Å². The van der Waals surface area contributed by atoms with Crippen LogP contribution in [0.2, 0.25) is 5.15 Å². The van der Waals surface area contributed by atoms with E-state index in [2.05, 4.69) is 14.8 Å². The van der Waals surface area contributed by atoms with Crippen LogP contribution in [0.4, 0.5) is 0 Å². The Hall–Kier alpha value is -2.19. The number of ether oxygens (including phenoxy) is 1. The number of nitrogens with two attached hydrogens (primary N) is 1. The molecule has 0 amide bonds. The summed E-state index contributed by atoms with van der Waals surface area (Å²) < 4.78 is 5.75. The molecule has 0 saturated carbocycles. The predicted molar refractivity (Wildman–Crippen MR) is 70.6 cm³/mol. The van der Waals surface area contributed by atoms with Crippen molar-refractivity contribution in [3.63, 3.8) is 0 Å². The van der Waals surface area contributed by atoms with Crippen LogP contribution in [0.25, 0.3) is 5.65 Å². The molecule has 8 nitrogen and oxygen atoms in total.